The molecule has 74 valence electrons. The highest BCUT2D eigenvalue weighted by molar-refractivity contribution is 5.76. The molecule has 0 aromatic carbocycles. The number of rotatable bonds is 4. The van der Waals surface area contributed by atoms with Gasteiger partial charge in [-0.3, -0.25) is 5.41 Å². The van der Waals surface area contributed by atoms with Crippen molar-refractivity contribution in [1.82, 2.24) is 4.90 Å². The zero-order valence-electron chi connectivity index (χ0n) is 8.13. The van der Waals surface area contributed by atoms with Crippen molar-refractivity contribution in [2.75, 3.05) is 13.1 Å². The quantitative estimate of drug-likeness (QED) is 0.505. The van der Waals surface area contributed by atoms with Crippen molar-refractivity contribution >= 4 is 5.84 Å². The van der Waals surface area contributed by atoms with E-state index in [2.05, 4.69) is 4.90 Å². The molecular formula is C10H19N3. The second-order valence-corrected chi connectivity index (χ2v) is 4.46. The Morgan fingerprint density at radius 3 is 2.85 bits per heavy atom. The number of amidine groups is 1. The van der Waals surface area contributed by atoms with Gasteiger partial charge in [-0.25, -0.2) is 0 Å². The maximum atomic E-state index is 7.13. The monoisotopic (exact) mass is 181 g/mol. The molecule has 3 N–H and O–H groups in total. The van der Waals surface area contributed by atoms with Crippen LogP contribution in [0, 0.1) is 11.3 Å². The summed E-state index contributed by atoms with van der Waals surface area (Å²) in [6, 6.07) is 0.872. The lowest BCUT2D eigenvalue weighted by Crippen LogP contribution is -2.33. The average Bonchev–Trinajstić information content (AvgIpc) is 2.64. The summed E-state index contributed by atoms with van der Waals surface area (Å²) in [5, 5.41) is 7.13. The molecule has 1 aliphatic heterocycles. The fraction of sp³-hybridized carbons (Fsp3) is 0.900. The fourth-order valence-corrected chi connectivity index (χ4v) is 2.77. The van der Waals surface area contributed by atoms with Gasteiger partial charge in [0.05, 0.1) is 5.84 Å². The highest BCUT2D eigenvalue weighted by Gasteiger charge is 2.36. The van der Waals surface area contributed by atoms with Gasteiger partial charge in [-0.05, 0) is 38.1 Å². The SMILES string of the molecule is N=C(N)CCCN1CC2CCC1C2. The van der Waals surface area contributed by atoms with Crippen LogP contribution in [0.1, 0.15) is 32.1 Å². The van der Waals surface area contributed by atoms with Crippen molar-refractivity contribution in [2.24, 2.45) is 11.7 Å². The number of hydrogen-bond acceptors (Lipinski definition) is 2. The van der Waals surface area contributed by atoms with E-state index in [1.807, 2.05) is 0 Å². The van der Waals surface area contributed by atoms with E-state index >= 15 is 0 Å². The molecule has 0 aromatic rings. The van der Waals surface area contributed by atoms with Crippen LogP contribution in [0.5, 0.6) is 0 Å². The highest BCUT2D eigenvalue weighted by atomic mass is 15.2. The van der Waals surface area contributed by atoms with Gasteiger partial charge in [0, 0.05) is 19.0 Å². The molecule has 2 rings (SSSR count). The molecule has 13 heavy (non-hydrogen) atoms. The molecule has 1 saturated carbocycles. The first-order valence-corrected chi connectivity index (χ1v) is 5.32. The van der Waals surface area contributed by atoms with Crippen molar-refractivity contribution < 1.29 is 0 Å². The van der Waals surface area contributed by atoms with Gasteiger partial charge >= 0.3 is 0 Å². The summed E-state index contributed by atoms with van der Waals surface area (Å²) in [5.41, 5.74) is 5.32. The molecule has 0 amide bonds. The van der Waals surface area contributed by atoms with Crippen molar-refractivity contribution in [3.8, 4) is 0 Å². The summed E-state index contributed by atoms with van der Waals surface area (Å²) in [6.45, 7) is 2.46. The average molecular weight is 181 g/mol. The van der Waals surface area contributed by atoms with Gasteiger partial charge in [0.1, 0.15) is 0 Å². The van der Waals surface area contributed by atoms with E-state index in [-0.39, 0.29) is 0 Å². The Balaban J connectivity index is 1.68. The van der Waals surface area contributed by atoms with Gasteiger partial charge in [0.25, 0.3) is 0 Å². The minimum absolute atomic E-state index is 0.337. The van der Waals surface area contributed by atoms with Crippen molar-refractivity contribution in [3.05, 3.63) is 0 Å². The topological polar surface area (TPSA) is 53.1 Å². The predicted octanol–water partition coefficient (Wildman–Crippen LogP) is 1.19. The van der Waals surface area contributed by atoms with Crippen LogP contribution in [0.15, 0.2) is 0 Å². The molecule has 2 unspecified atom stereocenters. The standard InChI is InChI=1S/C10H19N3/c11-10(12)2-1-5-13-7-8-3-4-9(13)6-8/h8-9H,1-7H2,(H3,11,12). The van der Waals surface area contributed by atoms with Crippen molar-refractivity contribution in [1.29, 1.82) is 5.41 Å². The van der Waals surface area contributed by atoms with E-state index in [0.717, 1.165) is 31.3 Å². The number of hydrogen-bond donors (Lipinski definition) is 2. The predicted molar refractivity (Wildman–Crippen MR) is 53.9 cm³/mol. The lowest BCUT2D eigenvalue weighted by atomic mass is 10.1. The second kappa shape index (κ2) is 3.66. The molecule has 2 aliphatic rings. The third-order valence-corrected chi connectivity index (χ3v) is 3.41. The van der Waals surface area contributed by atoms with Crippen LogP contribution < -0.4 is 5.73 Å². The van der Waals surface area contributed by atoms with E-state index in [4.69, 9.17) is 11.1 Å². The van der Waals surface area contributed by atoms with E-state index < -0.39 is 0 Å². The van der Waals surface area contributed by atoms with Gasteiger partial charge in [0.2, 0.25) is 0 Å². The largest absolute Gasteiger partial charge is 0.388 e. The number of likely N-dealkylation sites (tertiary alicyclic amines) is 1. The zero-order chi connectivity index (χ0) is 9.26. The van der Waals surface area contributed by atoms with Gasteiger partial charge in [0.15, 0.2) is 0 Å². The van der Waals surface area contributed by atoms with Crippen LogP contribution in [-0.2, 0) is 0 Å². The van der Waals surface area contributed by atoms with Crippen LogP contribution in [0.3, 0.4) is 0 Å². The van der Waals surface area contributed by atoms with E-state index in [0.29, 0.717) is 5.84 Å². The van der Waals surface area contributed by atoms with Gasteiger partial charge in [-0.15, -0.1) is 0 Å². The van der Waals surface area contributed by atoms with Crippen molar-refractivity contribution in [3.63, 3.8) is 0 Å². The smallest absolute Gasteiger partial charge is 0.0905 e. The third kappa shape index (κ3) is 2.02. The summed E-state index contributed by atoms with van der Waals surface area (Å²) in [5.74, 6) is 1.33. The first-order valence-electron chi connectivity index (χ1n) is 5.32. The number of nitrogens with one attached hydrogen (secondary N) is 1. The minimum Gasteiger partial charge on any atom is -0.388 e. The number of nitrogens with zero attached hydrogens (tertiary/aromatic N) is 1. The molecule has 0 aromatic heterocycles. The molecule has 2 fully saturated rings. The van der Waals surface area contributed by atoms with Gasteiger partial charge in [-0.2, -0.15) is 0 Å². The molecular weight excluding hydrogens is 162 g/mol. The lowest BCUT2D eigenvalue weighted by Gasteiger charge is -2.26. The fourth-order valence-electron chi connectivity index (χ4n) is 2.77. The van der Waals surface area contributed by atoms with E-state index in [1.54, 1.807) is 0 Å². The Morgan fingerprint density at radius 2 is 2.31 bits per heavy atom. The first-order chi connectivity index (χ1) is 6.25. The normalized spacial score (nSPS) is 32.6. The number of piperidine rings is 1. The second-order valence-electron chi connectivity index (χ2n) is 4.46. The van der Waals surface area contributed by atoms with Gasteiger partial charge < -0.3 is 10.6 Å². The van der Waals surface area contributed by atoms with Crippen LogP contribution in [-0.4, -0.2) is 29.9 Å². The highest BCUT2D eigenvalue weighted by Crippen LogP contribution is 2.37. The summed E-state index contributed by atoms with van der Waals surface area (Å²) in [4.78, 5) is 2.59. The number of fused-ring (bicyclic) bond motifs is 2. The summed E-state index contributed by atoms with van der Waals surface area (Å²) < 4.78 is 0. The van der Waals surface area contributed by atoms with Crippen LogP contribution in [0.4, 0.5) is 0 Å². The zero-order valence-corrected chi connectivity index (χ0v) is 8.13. The summed E-state index contributed by atoms with van der Waals surface area (Å²) in [6.07, 6.45) is 6.13. The Kier molecular flexibility index (Phi) is 2.54. The van der Waals surface area contributed by atoms with E-state index in [9.17, 15) is 0 Å². The lowest BCUT2D eigenvalue weighted by molar-refractivity contribution is 0.212. The molecule has 2 bridgehead atoms. The molecule has 3 nitrogen and oxygen atoms in total. The van der Waals surface area contributed by atoms with Crippen LogP contribution in [0.25, 0.3) is 0 Å². The molecule has 1 saturated heterocycles. The summed E-state index contributed by atoms with van der Waals surface area (Å²) >= 11 is 0. The van der Waals surface area contributed by atoms with Crippen LogP contribution in [0.2, 0.25) is 0 Å². The Hall–Kier alpha value is -0.570. The molecule has 2 atom stereocenters. The van der Waals surface area contributed by atoms with Crippen LogP contribution >= 0.6 is 0 Å². The molecule has 0 spiro atoms. The first kappa shape index (κ1) is 9.00. The van der Waals surface area contributed by atoms with E-state index in [1.165, 1.54) is 25.8 Å². The Labute approximate surface area is 79.8 Å². The Bertz CT molecular complexity index is 202. The molecule has 1 heterocycles. The third-order valence-electron chi connectivity index (χ3n) is 3.41. The maximum Gasteiger partial charge on any atom is 0.0905 e. The maximum absolute atomic E-state index is 7.13. The van der Waals surface area contributed by atoms with Gasteiger partial charge in [-0.1, -0.05) is 0 Å². The minimum atomic E-state index is 0.337. The summed E-state index contributed by atoms with van der Waals surface area (Å²) in [7, 11) is 0. The molecule has 1 aliphatic carbocycles. The molecule has 3 heteroatoms. The Morgan fingerprint density at radius 1 is 1.46 bits per heavy atom. The number of nitrogens with two attached hydrogens (primary N) is 1. The molecule has 0 radical (unpaired) electrons. The van der Waals surface area contributed by atoms with Crippen molar-refractivity contribution in [2.45, 2.75) is 38.1 Å².